The smallest absolute Gasteiger partial charge is 0.322 e. The van der Waals surface area contributed by atoms with Gasteiger partial charge in [-0.15, -0.1) is 0 Å². The summed E-state index contributed by atoms with van der Waals surface area (Å²) < 4.78 is 39.7. The molecule has 0 fully saturated rings. The van der Waals surface area contributed by atoms with Crippen LogP contribution in [0.15, 0.2) is 48.8 Å². The highest BCUT2D eigenvalue weighted by Gasteiger charge is 2.31. The van der Waals surface area contributed by atoms with Gasteiger partial charge in [0, 0.05) is 11.9 Å². The largest absolute Gasteiger partial charge is 0.417 e. The van der Waals surface area contributed by atoms with Gasteiger partial charge in [0.05, 0.1) is 23.0 Å². The third-order valence-electron chi connectivity index (χ3n) is 4.20. The highest BCUT2D eigenvalue weighted by molar-refractivity contribution is 6.05. The van der Waals surface area contributed by atoms with Gasteiger partial charge in [0.25, 0.3) is 5.91 Å². The molecule has 0 saturated carbocycles. The summed E-state index contributed by atoms with van der Waals surface area (Å²) in [5.41, 5.74) is 1.79. The first kappa shape index (κ1) is 19.6. The van der Waals surface area contributed by atoms with Gasteiger partial charge in [-0.3, -0.25) is 4.79 Å². The number of halogens is 3. The summed E-state index contributed by atoms with van der Waals surface area (Å²) in [5, 5.41) is 7.00. The molecule has 2 aromatic heterocycles. The molecule has 0 spiro atoms. The van der Waals surface area contributed by atoms with Gasteiger partial charge in [-0.25, -0.2) is 9.67 Å². The van der Waals surface area contributed by atoms with Crippen LogP contribution in [0.2, 0.25) is 0 Å². The average Bonchev–Trinajstić information content (AvgIpc) is 3.08. The number of nitrogens with zero attached hydrogens (tertiary/aromatic N) is 3. The maximum Gasteiger partial charge on any atom is 0.417 e. The molecule has 0 saturated heterocycles. The molecule has 0 radical (unpaired) electrons. The first-order valence-corrected chi connectivity index (χ1v) is 8.66. The Morgan fingerprint density at radius 2 is 1.75 bits per heavy atom. The van der Waals surface area contributed by atoms with E-state index >= 15 is 0 Å². The lowest BCUT2D eigenvalue weighted by atomic mass is 10.1. The number of hydrogen-bond donors (Lipinski definition) is 1. The van der Waals surface area contributed by atoms with Crippen LogP contribution in [0.25, 0.3) is 5.82 Å². The number of carbonyl (C=O) groups excluding carboxylic acids is 1. The number of nitrogens with one attached hydrogen (secondary N) is 1. The number of amides is 1. The Balaban J connectivity index is 1.93. The standard InChI is InChI=1S/C20H19F3N4O/c1-12(2)18-16(19(28)26-15-7-4-13(3)5-8-15)11-25-27(18)17-9-6-14(10-24-17)20(21,22)23/h4-12H,1-3H3,(H,26,28). The maximum absolute atomic E-state index is 12.8. The lowest BCUT2D eigenvalue weighted by Gasteiger charge is -2.13. The lowest BCUT2D eigenvalue weighted by molar-refractivity contribution is -0.137. The van der Waals surface area contributed by atoms with Crippen LogP contribution in [0.1, 0.15) is 46.9 Å². The second-order valence-electron chi connectivity index (χ2n) is 6.73. The molecule has 146 valence electrons. The predicted octanol–water partition coefficient (Wildman–Crippen LogP) is 4.97. The summed E-state index contributed by atoms with van der Waals surface area (Å²) in [5.74, 6) is -0.234. The van der Waals surface area contributed by atoms with E-state index in [1.807, 2.05) is 32.9 Å². The highest BCUT2D eigenvalue weighted by Crippen LogP contribution is 2.29. The van der Waals surface area contributed by atoms with Crippen LogP contribution in [0.5, 0.6) is 0 Å². The van der Waals surface area contributed by atoms with Gasteiger partial charge >= 0.3 is 6.18 Å². The van der Waals surface area contributed by atoms with Crippen molar-refractivity contribution in [2.45, 2.75) is 32.9 Å². The Kier molecular flexibility index (Phi) is 5.22. The second kappa shape index (κ2) is 7.46. The Labute approximate surface area is 160 Å². The minimum Gasteiger partial charge on any atom is -0.322 e. The molecule has 1 N–H and O–H groups in total. The molecule has 28 heavy (non-hydrogen) atoms. The van der Waals surface area contributed by atoms with Crippen LogP contribution in [0, 0.1) is 6.92 Å². The first-order chi connectivity index (χ1) is 13.2. The minimum absolute atomic E-state index is 0.106. The molecule has 5 nitrogen and oxygen atoms in total. The van der Waals surface area contributed by atoms with Gasteiger partial charge in [-0.2, -0.15) is 18.3 Å². The van der Waals surface area contributed by atoms with E-state index in [4.69, 9.17) is 0 Å². The molecule has 1 aromatic carbocycles. The topological polar surface area (TPSA) is 59.8 Å². The number of alkyl halides is 3. The van der Waals surface area contributed by atoms with Crippen molar-refractivity contribution in [2.75, 3.05) is 5.32 Å². The second-order valence-corrected chi connectivity index (χ2v) is 6.73. The molecular weight excluding hydrogens is 369 g/mol. The van der Waals surface area contributed by atoms with Gasteiger partial charge in [-0.05, 0) is 37.1 Å². The number of benzene rings is 1. The van der Waals surface area contributed by atoms with E-state index in [1.165, 1.54) is 16.9 Å². The van der Waals surface area contributed by atoms with Gasteiger partial charge < -0.3 is 5.32 Å². The third-order valence-corrected chi connectivity index (χ3v) is 4.20. The van der Waals surface area contributed by atoms with Crippen molar-refractivity contribution >= 4 is 11.6 Å². The monoisotopic (exact) mass is 388 g/mol. The molecule has 0 bridgehead atoms. The van der Waals surface area contributed by atoms with Crippen molar-refractivity contribution in [3.63, 3.8) is 0 Å². The van der Waals surface area contributed by atoms with Crippen LogP contribution in [-0.4, -0.2) is 20.7 Å². The fraction of sp³-hybridized carbons (Fsp3) is 0.250. The van der Waals surface area contributed by atoms with E-state index in [0.717, 1.165) is 17.8 Å². The molecule has 8 heteroatoms. The Hall–Kier alpha value is -3.16. The Bertz CT molecular complexity index is 974. The molecule has 0 aliphatic rings. The van der Waals surface area contributed by atoms with Crippen molar-refractivity contribution < 1.29 is 18.0 Å². The number of pyridine rings is 1. The molecule has 0 aliphatic carbocycles. The number of hydrogen-bond acceptors (Lipinski definition) is 3. The van der Waals surface area contributed by atoms with E-state index in [-0.39, 0.29) is 17.6 Å². The summed E-state index contributed by atoms with van der Waals surface area (Å²) in [6, 6.07) is 9.54. The van der Waals surface area contributed by atoms with Gasteiger partial charge in [0.2, 0.25) is 0 Å². The van der Waals surface area contributed by atoms with Crippen molar-refractivity contribution in [2.24, 2.45) is 0 Å². The van der Waals surface area contributed by atoms with Crippen molar-refractivity contribution in [1.29, 1.82) is 0 Å². The number of carbonyl (C=O) groups is 1. The molecule has 3 rings (SSSR count). The minimum atomic E-state index is -4.46. The fourth-order valence-electron chi connectivity index (χ4n) is 2.79. The SMILES string of the molecule is Cc1ccc(NC(=O)c2cnn(-c3ccc(C(F)(F)F)cn3)c2C(C)C)cc1. The highest BCUT2D eigenvalue weighted by atomic mass is 19.4. The van der Waals surface area contributed by atoms with E-state index < -0.39 is 11.7 Å². The molecular formula is C20H19F3N4O. The van der Waals surface area contributed by atoms with Gasteiger partial charge in [-0.1, -0.05) is 31.5 Å². The number of rotatable bonds is 4. The Morgan fingerprint density at radius 3 is 2.29 bits per heavy atom. The fourth-order valence-corrected chi connectivity index (χ4v) is 2.79. The molecule has 0 aliphatic heterocycles. The lowest BCUT2D eigenvalue weighted by Crippen LogP contribution is -2.16. The summed E-state index contributed by atoms with van der Waals surface area (Å²) in [6.07, 6.45) is -2.30. The summed E-state index contributed by atoms with van der Waals surface area (Å²) >= 11 is 0. The summed E-state index contributed by atoms with van der Waals surface area (Å²) in [7, 11) is 0. The maximum atomic E-state index is 12.8. The number of anilines is 1. The molecule has 0 atom stereocenters. The zero-order valence-electron chi connectivity index (χ0n) is 15.6. The van der Waals surface area contributed by atoms with Crippen LogP contribution < -0.4 is 5.32 Å². The number of aromatic nitrogens is 3. The van der Waals surface area contributed by atoms with Crippen LogP contribution in [0.4, 0.5) is 18.9 Å². The van der Waals surface area contributed by atoms with Crippen molar-refractivity contribution in [3.05, 3.63) is 71.2 Å². The van der Waals surface area contributed by atoms with Crippen molar-refractivity contribution in [3.8, 4) is 5.82 Å². The van der Waals surface area contributed by atoms with Crippen molar-refractivity contribution in [1.82, 2.24) is 14.8 Å². The van der Waals surface area contributed by atoms with Crippen LogP contribution >= 0.6 is 0 Å². The molecule has 3 aromatic rings. The zero-order valence-corrected chi connectivity index (χ0v) is 15.6. The first-order valence-electron chi connectivity index (χ1n) is 8.66. The average molecular weight is 388 g/mol. The summed E-state index contributed by atoms with van der Waals surface area (Å²) in [6.45, 7) is 5.70. The molecule has 1 amide bonds. The van der Waals surface area contributed by atoms with Gasteiger partial charge in [0.15, 0.2) is 5.82 Å². The molecule has 2 heterocycles. The van der Waals surface area contributed by atoms with E-state index in [0.29, 0.717) is 16.9 Å². The van der Waals surface area contributed by atoms with Gasteiger partial charge in [0.1, 0.15) is 0 Å². The number of aryl methyl sites for hydroxylation is 1. The zero-order chi connectivity index (χ0) is 20.5. The predicted molar refractivity (Wildman–Crippen MR) is 99.6 cm³/mol. The quantitative estimate of drug-likeness (QED) is 0.686. The van der Waals surface area contributed by atoms with Crippen LogP contribution in [0.3, 0.4) is 0 Å². The normalized spacial score (nSPS) is 11.7. The van der Waals surface area contributed by atoms with Crippen LogP contribution in [-0.2, 0) is 6.18 Å². The van der Waals surface area contributed by atoms with E-state index in [2.05, 4.69) is 15.4 Å². The third kappa shape index (κ3) is 4.05. The van der Waals surface area contributed by atoms with E-state index in [9.17, 15) is 18.0 Å². The summed E-state index contributed by atoms with van der Waals surface area (Å²) in [4.78, 5) is 16.6. The Morgan fingerprint density at radius 1 is 1.07 bits per heavy atom. The van der Waals surface area contributed by atoms with E-state index in [1.54, 1.807) is 12.1 Å². The molecule has 0 unspecified atom stereocenters.